The van der Waals surface area contributed by atoms with E-state index in [-0.39, 0.29) is 22.5 Å². The third-order valence-electron chi connectivity index (χ3n) is 5.51. The summed E-state index contributed by atoms with van der Waals surface area (Å²) in [5, 5.41) is 7.05. The second-order valence-electron chi connectivity index (χ2n) is 9.04. The first-order chi connectivity index (χ1) is 15.4. The second kappa shape index (κ2) is 7.85. The monoisotopic (exact) mass is 465 g/mol. The van der Waals surface area contributed by atoms with Crippen LogP contribution >= 0.6 is 0 Å². The molecule has 1 amide bonds. The Bertz CT molecular complexity index is 1300. The topological polar surface area (TPSA) is 109 Å². The van der Waals surface area contributed by atoms with Gasteiger partial charge in [0, 0.05) is 25.1 Å². The fraction of sp³-hybridized carbons (Fsp3) is 0.476. The molecule has 0 aliphatic carbocycles. The molecule has 0 atom stereocenters. The zero-order chi connectivity index (χ0) is 24.1. The van der Waals surface area contributed by atoms with Gasteiger partial charge in [-0.15, -0.1) is 4.91 Å². The van der Waals surface area contributed by atoms with Crippen LogP contribution in [0.3, 0.4) is 0 Å². The molecular weight excluding hydrogens is 443 g/mol. The maximum absolute atomic E-state index is 13.2. The van der Waals surface area contributed by atoms with E-state index < -0.39 is 34.7 Å². The number of hydrogen-bond acceptors (Lipinski definition) is 6. The summed E-state index contributed by atoms with van der Waals surface area (Å²) in [6.45, 7) is 6.10. The largest absolute Gasteiger partial charge is 0.444 e. The van der Waals surface area contributed by atoms with Gasteiger partial charge in [-0.25, -0.2) is 9.31 Å². The molecule has 9 nitrogen and oxygen atoms in total. The molecule has 4 rings (SSSR count). The van der Waals surface area contributed by atoms with Gasteiger partial charge in [-0.3, -0.25) is 4.79 Å². The van der Waals surface area contributed by atoms with Crippen LogP contribution in [-0.4, -0.2) is 44.3 Å². The number of alkyl halides is 3. The smallest absolute Gasteiger partial charge is 0.416 e. The molecule has 1 aliphatic rings. The predicted octanol–water partition coefficient (Wildman–Crippen LogP) is 4.71. The molecule has 0 bridgehead atoms. The summed E-state index contributed by atoms with van der Waals surface area (Å²) in [5.41, 5.74) is -2.13. The average Bonchev–Trinajstić information content (AvgIpc) is 3.09. The summed E-state index contributed by atoms with van der Waals surface area (Å²) in [4.78, 5) is 40.2. The molecule has 1 aliphatic heterocycles. The molecule has 0 unspecified atom stereocenters. The maximum Gasteiger partial charge on any atom is 0.416 e. The SMILES string of the molecule is CC(C)(C)OC(=O)N1CCC(c2cc(=O)[nH]c3c4c(N=O)cc(C(F)(F)F)cc4nn23)CC1. The number of carbonyl (C=O) groups is 1. The fourth-order valence-corrected chi connectivity index (χ4v) is 4.06. The molecule has 3 aromatic rings. The molecule has 1 saturated heterocycles. The van der Waals surface area contributed by atoms with E-state index >= 15 is 0 Å². The van der Waals surface area contributed by atoms with E-state index in [1.165, 1.54) is 10.6 Å². The third-order valence-corrected chi connectivity index (χ3v) is 5.51. The number of aromatic amines is 1. The van der Waals surface area contributed by atoms with Gasteiger partial charge in [-0.05, 0) is 50.9 Å². The van der Waals surface area contributed by atoms with E-state index in [0.29, 0.717) is 37.7 Å². The fourth-order valence-electron chi connectivity index (χ4n) is 4.06. The summed E-state index contributed by atoms with van der Waals surface area (Å²) in [6.07, 6.45) is -4.11. The number of H-pyrrole nitrogens is 1. The zero-order valence-electron chi connectivity index (χ0n) is 18.2. The Kier molecular flexibility index (Phi) is 5.41. The van der Waals surface area contributed by atoms with Crippen LogP contribution in [0.25, 0.3) is 16.6 Å². The minimum atomic E-state index is -4.69. The van der Waals surface area contributed by atoms with Gasteiger partial charge in [0.05, 0.1) is 22.2 Å². The van der Waals surface area contributed by atoms with Crippen LogP contribution in [-0.2, 0) is 10.9 Å². The number of aromatic nitrogens is 3. The molecule has 1 N–H and O–H groups in total. The summed E-state index contributed by atoms with van der Waals surface area (Å²) in [6, 6.07) is 2.80. The predicted molar refractivity (Wildman–Crippen MR) is 114 cm³/mol. The zero-order valence-corrected chi connectivity index (χ0v) is 18.2. The summed E-state index contributed by atoms with van der Waals surface area (Å²) >= 11 is 0. The number of nitrogens with one attached hydrogen (secondary N) is 1. The third kappa shape index (κ3) is 4.41. The molecular formula is C21H22F3N5O4. The van der Waals surface area contributed by atoms with Crippen molar-refractivity contribution in [2.24, 2.45) is 5.18 Å². The van der Waals surface area contributed by atoms with Gasteiger partial charge in [0.2, 0.25) is 0 Å². The molecule has 3 heterocycles. The Labute approximate surface area is 185 Å². The first-order valence-electron chi connectivity index (χ1n) is 10.4. The highest BCUT2D eigenvalue weighted by Crippen LogP contribution is 2.38. The highest BCUT2D eigenvalue weighted by molar-refractivity contribution is 6.01. The summed E-state index contributed by atoms with van der Waals surface area (Å²) in [7, 11) is 0. The number of nitroso groups, excluding NO2 is 1. The van der Waals surface area contributed by atoms with Crippen LogP contribution in [0.2, 0.25) is 0 Å². The standard InChI is InChI=1S/C21H22F3N5O4/c1-20(2,3)33-19(31)28-6-4-11(5-7-28)15-10-16(30)25-18-17-13(26-29(15)18)8-12(21(22,23)24)9-14(17)27-32/h8-11H,4-7H2,1-3H3,(H,25,30). The van der Waals surface area contributed by atoms with E-state index in [1.54, 1.807) is 25.7 Å². The Morgan fingerprint density at radius 3 is 2.42 bits per heavy atom. The first kappa shape index (κ1) is 22.7. The lowest BCUT2D eigenvalue weighted by Crippen LogP contribution is -2.41. The van der Waals surface area contributed by atoms with Crippen molar-refractivity contribution in [3.8, 4) is 0 Å². The molecule has 0 spiro atoms. The lowest BCUT2D eigenvalue weighted by atomic mass is 9.93. The van der Waals surface area contributed by atoms with Crippen LogP contribution in [0.1, 0.15) is 50.8 Å². The van der Waals surface area contributed by atoms with Gasteiger partial charge in [0.1, 0.15) is 16.9 Å². The number of rotatable bonds is 2. The van der Waals surface area contributed by atoms with E-state index in [1.807, 2.05) is 0 Å². The van der Waals surface area contributed by atoms with E-state index in [4.69, 9.17) is 4.74 Å². The molecule has 12 heteroatoms. The molecule has 0 radical (unpaired) electrons. The number of piperidine rings is 1. The van der Waals surface area contributed by atoms with Crippen molar-refractivity contribution >= 4 is 28.3 Å². The van der Waals surface area contributed by atoms with Gasteiger partial charge < -0.3 is 14.6 Å². The van der Waals surface area contributed by atoms with Crippen molar-refractivity contribution in [3.63, 3.8) is 0 Å². The van der Waals surface area contributed by atoms with E-state index in [0.717, 1.165) is 6.07 Å². The number of likely N-dealkylation sites (tertiary alicyclic amines) is 1. The molecule has 1 fully saturated rings. The molecule has 176 valence electrons. The Morgan fingerprint density at radius 1 is 1.18 bits per heavy atom. The van der Waals surface area contributed by atoms with Crippen molar-refractivity contribution in [1.29, 1.82) is 0 Å². The molecule has 0 saturated carbocycles. The lowest BCUT2D eigenvalue weighted by Gasteiger charge is -2.33. The van der Waals surface area contributed by atoms with E-state index in [2.05, 4.69) is 15.3 Å². The summed E-state index contributed by atoms with van der Waals surface area (Å²) in [5.74, 6) is -0.183. The van der Waals surface area contributed by atoms with Gasteiger partial charge in [0.25, 0.3) is 5.56 Å². The van der Waals surface area contributed by atoms with Crippen LogP contribution in [0.5, 0.6) is 0 Å². The Balaban J connectivity index is 1.73. The number of carbonyl (C=O) groups excluding carboxylic acids is 1. The number of hydrogen-bond donors (Lipinski definition) is 1. The van der Waals surface area contributed by atoms with Crippen LogP contribution < -0.4 is 5.56 Å². The average molecular weight is 465 g/mol. The van der Waals surface area contributed by atoms with Gasteiger partial charge in [0.15, 0.2) is 0 Å². The molecule has 33 heavy (non-hydrogen) atoms. The number of amides is 1. The normalized spacial score (nSPS) is 15.9. The number of benzene rings is 1. The minimum Gasteiger partial charge on any atom is -0.444 e. The highest BCUT2D eigenvalue weighted by atomic mass is 19.4. The van der Waals surface area contributed by atoms with E-state index in [9.17, 15) is 27.7 Å². The van der Waals surface area contributed by atoms with Crippen LogP contribution in [0.15, 0.2) is 28.2 Å². The minimum absolute atomic E-state index is 0.0446. The van der Waals surface area contributed by atoms with Crippen molar-refractivity contribution < 1.29 is 22.7 Å². The Morgan fingerprint density at radius 2 is 1.85 bits per heavy atom. The summed E-state index contributed by atoms with van der Waals surface area (Å²) < 4.78 is 46.5. The maximum atomic E-state index is 13.2. The number of nitrogens with zero attached hydrogens (tertiary/aromatic N) is 4. The molecule has 2 aromatic heterocycles. The van der Waals surface area contributed by atoms with Crippen molar-refractivity contribution in [3.05, 3.63) is 44.7 Å². The van der Waals surface area contributed by atoms with Gasteiger partial charge in [-0.1, -0.05) is 0 Å². The van der Waals surface area contributed by atoms with Crippen LogP contribution in [0, 0.1) is 4.91 Å². The number of halogens is 3. The van der Waals surface area contributed by atoms with Crippen LogP contribution in [0.4, 0.5) is 23.7 Å². The highest BCUT2D eigenvalue weighted by Gasteiger charge is 2.33. The number of fused-ring (bicyclic) bond motifs is 3. The second-order valence-corrected chi connectivity index (χ2v) is 9.04. The van der Waals surface area contributed by atoms with Gasteiger partial charge >= 0.3 is 12.3 Å². The quantitative estimate of drug-likeness (QED) is 0.552. The van der Waals surface area contributed by atoms with Crippen molar-refractivity contribution in [2.45, 2.75) is 51.3 Å². The van der Waals surface area contributed by atoms with Crippen molar-refractivity contribution in [2.75, 3.05) is 13.1 Å². The lowest BCUT2D eigenvalue weighted by molar-refractivity contribution is -0.137. The van der Waals surface area contributed by atoms with Crippen molar-refractivity contribution in [1.82, 2.24) is 19.5 Å². The van der Waals surface area contributed by atoms with Gasteiger partial charge in [-0.2, -0.15) is 18.3 Å². The number of ether oxygens (including phenoxy) is 1. The molecule has 1 aromatic carbocycles. The first-order valence-corrected chi connectivity index (χ1v) is 10.4. The Hall–Kier alpha value is -3.44.